The summed E-state index contributed by atoms with van der Waals surface area (Å²) in [7, 11) is 1.29. The Morgan fingerprint density at radius 2 is 1.20 bits per heavy atom. The molecule has 4 N–H and O–H groups in total. The molecule has 14 nitrogen and oxygen atoms in total. The van der Waals surface area contributed by atoms with Crippen molar-refractivity contribution in [1.82, 2.24) is 40.4 Å². The van der Waals surface area contributed by atoms with E-state index in [4.69, 9.17) is 19.4 Å². The van der Waals surface area contributed by atoms with Gasteiger partial charge in [-0.2, -0.15) is 0 Å². The van der Waals surface area contributed by atoms with Gasteiger partial charge in [-0.1, -0.05) is 92.7 Å². The van der Waals surface area contributed by atoms with Crippen LogP contribution >= 0.6 is 0 Å². The summed E-state index contributed by atoms with van der Waals surface area (Å²) in [5, 5.41) is 7.71. The van der Waals surface area contributed by atoms with Crippen LogP contribution in [-0.2, 0) is 19.1 Å². The maximum Gasteiger partial charge on any atom is 0.408 e. The smallest absolute Gasteiger partial charge is 0.408 e. The molecule has 6 aromatic rings. The second-order valence-corrected chi connectivity index (χ2v) is 17.9. The number of aromatic nitrogens is 4. The van der Waals surface area contributed by atoms with Gasteiger partial charge in [-0.25, -0.2) is 19.6 Å². The van der Waals surface area contributed by atoms with Crippen LogP contribution in [0.1, 0.15) is 95.6 Å². The first kappa shape index (κ1) is 43.7. The highest BCUT2D eigenvalue weighted by molar-refractivity contribution is 5.91. The van der Waals surface area contributed by atoms with E-state index in [0.717, 1.165) is 75.9 Å². The van der Waals surface area contributed by atoms with E-state index >= 15 is 0 Å². The maximum atomic E-state index is 14.2. The molecule has 2 aliphatic heterocycles. The summed E-state index contributed by atoms with van der Waals surface area (Å²) in [6, 6.07) is 28.3. The van der Waals surface area contributed by atoms with Crippen molar-refractivity contribution in [2.24, 2.45) is 5.92 Å². The van der Waals surface area contributed by atoms with Crippen molar-refractivity contribution in [3.63, 3.8) is 0 Å². The van der Waals surface area contributed by atoms with Crippen molar-refractivity contribution in [3.8, 4) is 33.6 Å². The highest BCUT2D eigenvalue weighted by Gasteiger charge is 2.39. The van der Waals surface area contributed by atoms with Gasteiger partial charge in [-0.15, -0.1) is 0 Å². The molecule has 0 saturated carbocycles. The lowest BCUT2D eigenvalue weighted by Crippen LogP contribution is -2.51. The third-order valence-electron chi connectivity index (χ3n) is 12.0. The van der Waals surface area contributed by atoms with Crippen molar-refractivity contribution in [2.45, 2.75) is 90.1 Å². The number of H-pyrrole nitrogens is 2. The molecule has 2 fully saturated rings. The number of alkyl carbamates (subject to hydrolysis) is 2. The number of carbonyl (C=O) groups excluding carboxylic acids is 4. The number of aromatic amines is 2. The molecule has 4 heterocycles. The quantitative estimate of drug-likeness (QED) is 0.0997. The number of imidazole rings is 2. The summed E-state index contributed by atoms with van der Waals surface area (Å²) < 4.78 is 10.3. The van der Waals surface area contributed by atoms with Crippen molar-refractivity contribution in [2.75, 3.05) is 20.2 Å². The van der Waals surface area contributed by atoms with E-state index in [2.05, 4.69) is 81.3 Å². The van der Waals surface area contributed by atoms with E-state index in [1.54, 1.807) is 25.7 Å². The summed E-state index contributed by atoms with van der Waals surface area (Å²) in [6.45, 7) is 10.3. The van der Waals surface area contributed by atoms with Gasteiger partial charge >= 0.3 is 12.2 Å². The molecular formula is C50H56N8O6. The number of carbonyl (C=O) groups is 4. The van der Waals surface area contributed by atoms with E-state index < -0.39 is 29.9 Å². The van der Waals surface area contributed by atoms with Crippen LogP contribution in [0.3, 0.4) is 0 Å². The fourth-order valence-corrected chi connectivity index (χ4v) is 8.77. The van der Waals surface area contributed by atoms with Crippen LogP contribution in [0.4, 0.5) is 9.59 Å². The molecule has 8 rings (SSSR count). The Morgan fingerprint density at radius 3 is 1.78 bits per heavy atom. The molecule has 332 valence electrons. The van der Waals surface area contributed by atoms with Crippen LogP contribution in [0.5, 0.6) is 0 Å². The molecule has 0 aliphatic carbocycles. The zero-order valence-corrected chi connectivity index (χ0v) is 37.2. The Hall–Kier alpha value is -6.96. The van der Waals surface area contributed by atoms with Crippen LogP contribution < -0.4 is 10.6 Å². The first-order valence-electron chi connectivity index (χ1n) is 22.0. The van der Waals surface area contributed by atoms with Gasteiger partial charge in [0.1, 0.15) is 29.3 Å². The second kappa shape index (κ2) is 18.4. The van der Waals surface area contributed by atoms with Crippen molar-refractivity contribution < 1.29 is 28.7 Å². The van der Waals surface area contributed by atoms with Crippen molar-refractivity contribution >= 4 is 34.8 Å². The molecule has 64 heavy (non-hydrogen) atoms. The molecule has 4 unspecified atom stereocenters. The lowest BCUT2D eigenvalue weighted by molar-refractivity contribution is -0.136. The van der Waals surface area contributed by atoms with E-state index in [1.807, 2.05) is 61.5 Å². The number of rotatable bonds is 11. The van der Waals surface area contributed by atoms with Crippen LogP contribution in [0.25, 0.3) is 44.4 Å². The second-order valence-electron chi connectivity index (χ2n) is 17.9. The lowest BCUT2D eigenvalue weighted by Gasteiger charge is -2.30. The minimum Gasteiger partial charge on any atom is -0.453 e. The largest absolute Gasteiger partial charge is 0.453 e. The van der Waals surface area contributed by atoms with Crippen LogP contribution in [0, 0.1) is 5.92 Å². The van der Waals surface area contributed by atoms with E-state index in [-0.39, 0.29) is 29.8 Å². The summed E-state index contributed by atoms with van der Waals surface area (Å²) in [5.74, 6) is 0.970. The Morgan fingerprint density at radius 1 is 0.672 bits per heavy atom. The minimum atomic E-state index is -0.906. The van der Waals surface area contributed by atoms with Crippen molar-refractivity contribution in [3.05, 3.63) is 121 Å². The molecule has 2 saturated heterocycles. The fourth-order valence-electron chi connectivity index (χ4n) is 8.77. The molecule has 2 aromatic heterocycles. The highest BCUT2D eigenvalue weighted by atomic mass is 16.6. The molecule has 4 aromatic carbocycles. The number of fused-ring (bicyclic) bond motifs is 1. The number of nitrogens with zero attached hydrogens (tertiary/aromatic N) is 4. The predicted molar refractivity (Wildman–Crippen MR) is 245 cm³/mol. The number of hydrogen-bond acceptors (Lipinski definition) is 8. The molecule has 0 bridgehead atoms. The van der Waals surface area contributed by atoms with E-state index in [9.17, 15) is 19.2 Å². The zero-order chi connectivity index (χ0) is 45.1. The Bertz CT molecular complexity index is 2630. The Kier molecular flexibility index (Phi) is 12.6. The summed E-state index contributed by atoms with van der Waals surface area (Å²) in [5.41, 5.74) is 5.81. The van der Waals surface area contributed by atoms with E-state index in [0.29, 0.717) is 24.5 Å². The Balaban J connectivity index is 0.938. The highest BCUT2D eigenvalue weighted by Crippen LogP contribution is 2.36. The maximum absolute atomic E-state index is 14.2. The average Bonchev–Trinajstić information content (AvgIpc) is 4.13. The van der Waals surface area contributed by atoms with Crippen molar-refractivity contribution in [1.29, 1.82) is 0 Å². The van der Waals surface area contributed by atoms with Gasteiger partial charge in [-0.3, -0.25) is 9.59 Å². The van der Waals surface area contributed by atoms with E-state index in [1.165, 1.54) is 7.11 Å². The number of benzene rings is 4. The summed E-state index contributed by atoms with van der Waals surface area (Å²) in [4.78, 5) is 72.7. The number of hydrogen-bond donors (Lipinski definition) is 4. The summed E-state index contributed by atoms with van der Waals surface area (Å²) in [6.07, 6.45) is 5.54. The van der Waals surface area contributed by atoms with Gasteiger partial charge in [0.05, 0.1) is 43.0 Å². The fraction of sp³-hybridized carbons (Fsp3) is 0.360. The normalized spacial score (nSPS) is 17.4. The zero-order valence-electron chi connectivity index (χ0n) is 37.2. The van der Waals surface area contributed by atoms with Gasteiger partial charge in [0.15, 0.2) is 0 Å². The molecular weight excluding hydrogens is 809 g/mol. The predicted octanol–water partition coefficient (Wildman–Crippen LogP) is 9.26. The first-order valence-corrected chi connectivity index (χ1v) is 22.0. The first-order chi connectivity index (χ1) is 30.8. The van der Waals surface area contributed by atoms with Crippen LogP contribution in [0.15, 0.2) is 103 Å². The van der Waals surface area contributed by atoms with Gasteiger partial charge in [0, 0.05) is 18.7 Å². The van der Waals surface area contributed by atoms with Gasteiger partial charge in [-0.05, 0) is 97.5 Å². The third kappa shape index (κ3) is 9.51. The molecule has 2 aliphatic rings. The van der Waals surface area contributed by atoms with Gasteiger partial charge in [0.2, 0.25) is 5.91 Å². The molecule has 4 atom stereocenters. The van der Waals surface area contributed by atoms with Gasteiger partial charge in [0.25, 0.3) is 5.91 Å². The monoisotopic (exact) mass is 864 g/mol. The summed E-state index contributed by atoms with van der Waals surface area (Å²) >= 11 is 0. The average molecular weight is 865 g/mol. The van der Waals surface area contributed by atoms with Gasteiger partial charge < -0.3 is 39.9 Å². The standard InChI is InChI=1S/C50H56N8O6/c1-30(2)42(55-48(61)63-6)46(59)57-24-10-14-40(57)45-52-29-39(54-45)37-23-22-35-26-34(20-21-36(35)27-37)31-16-18-32(19-17-31)38-28-51-44(53-38)41-15-11-25-58(41)47(60)43(33-12-8-7-9-13-33)56-49(62)64-50(3,4)5/h7-9,12-13,16-23,26-30,40-43H,10-11,14-15,24-25H2,1-6H3,(H,51,53)(H,52,54)(H,55,61)(H,56,62). The van der Waals surface area contributed by atoms with Crippen LogP contribution in [-0.4, -0.2) is 85.6 Å². The topological polar surface area (TPSA) is 175 Å². The molecule has 14 heteroatoms. The number of ether oxygens (including phenoxy) is 2. The minimum absolute atomic E-state index is 0.109. The lowest BCUT2D eigenvalue weighted by atomic mass is 9.98. The molecule has 0 spiro atoms. The molecule has 0 radical (unpaired) electrons. The molecule has 4 amide bonds. The number of methoxy groups -OCH3 is 1. The number of nitrogens with one attached hydrogen (secondary N) is 4. The Labute approximate surface area is 373 Å². The number of amides is 4. The SMILES string of the molecule is COC(=O)NC(C(=O)N1CCCC1c1ncc(-c2ccc3cc(-c4ccc(-c5cnc(C6CCCN6C(=O)C(NC(=O)OC(C)(C)C)c6ccccc6)[nH]5)cc4)ccc3c2)[nH]1)C(C)C. The third-order valence-corrected chi connectivity index (χ3v) is 12.0. The number of likely N-dealkylation sites (tertiary alicyclic amines) is 2. The van der Waals surface area contributed by atoms with Crippen LogP contribution in [0.2, 0.25) is 0 Å².